The van der Waals surface area contributed by atoms with E-state index in [2.05, 4.69) is 27.4 Å². The second-order valence-corrected chi connectivity index (χ2v) is 13.3. The molecule has 2 N–H and O–H groups in total. The van der Waals surface area contributed by atoms with E-state index in [1.807, 2.05) is 57.7 Å². The number of methoxy groups -OCH3 is 3. The fourth-order valence-corrected chi connectivity index (χ4v) is 7.03. The van der Waals surface area contributed by atoms with Gasteiger partial charge in [0, 0.05) is 75.8 Å². The van der Waals surface area contributed by atoms with Crippen molar-refractivity contribution in [1.29, 1.82) is 0 Å². The minimum absolute atomic E-state index is 0.00504. The van der Waals surface area contributed by atoms with Crippen LogP contribution in [0.3, 0.4) is 0 Å². The predicted molar refractivity (Wildman–Crippen MR) is 208 cm³/mol. The van der Waals surface area contributed by atoms with Crippen molar-refractivity contribution in [3.8, 4) is 11.6 Å². The quantitative estimate of drug-likeness (QED) is 0.134. The number of rotatable bonds is 19. The van der Waals surface area contributed by atoms with E-state index < -0.39 is 0 Å². The standard InChI is InChI=1S/C39H53N9O7/c1-6-30-36(32(7-2)48(44-30)18-19-54-22-23-55-21-20-51-3)42-38(50)29-12-13-47-33(29)11-8-27-25-40-39(43-37(27)47)41-31-10-9-28(24-34(31)53-5)45-14-16-46(17-15-45)35(49)26-52-4/h9-10,12-13,24-25H,6-8,11,14-23,26H2,1-5H3,(H,42,50)(H,40,41,43). The summed E-state index contributed by atoms with van der Waals surface area (Å²) in [6.07, 6.45) is 6.51. The summed E-state index contributed by atoms with van der Waals surface area (Å²) in [7, 11) is 4.81. The molecule has 296 valence electrons. The van der Waals surface area contributed by atoms with Crippen LogP contribution in [0.5, 0.6) is 5.75 Å². The maximum Gasteiger partial charge on any atom is 0.257 e. The smallest absolute Gasteiger partial charge is 0.257 e. The van der Waals surface area contributed by atoms with Gasteiger partial charge < -0.3 is 48.7 Å². The Kier molecular flexibility index (Phi) is 13.7. The van der Waals surface area contributed by atoms with Gasteiger partial charge in [-0.05, 0) is 43.9 Å². The van der Waals surface area contributed by atoms with Crippen molar-refractivity contribution in [2.24, 2.45) is 0 Å². The molecular formula is C39H53N9O7. The molecule has 0 radical (unpaired) electrons. The van der Waals surface area contributed by atoms with Crippen LogP contribution in [0.2, 0.25) is 0 Å². The van der Waals surface area contributed by atoms with E-state index in [1.165, 1.54) is 7.11 Å². The van der Waals surface area contributed by atoms with E-state index in [0.717, 1.165) is 45.5 Å². The van der Waals surface area contributed by atoms with E-state index in [9.17, 15) is 9.59 Å². The van der Waals surface area contributed by atoms with Crippen molar-refractivity contribution in [2.75, 3.05) is 103 Å². The number of carbonyl (C=O) groups excluding carboxylic acids is 2. The number of nitrogens with one attached hydrogen (secondary N) is 2. The highest BCUT2D eigenvalue weighted by molar-refractivity contribution is 6.06. The van der Waals surface area contributed by atoms with Gasteiger partial charge in [0.1, 0.15) is 18.2 Å². The van der Waals surface area contributed by atoms with E-state index >= 15 is 0 Å². The third-order valence-electron chi connectivity index (χ3n) is 9.92. The maximum atomic E-state index is 13.9. The molecule has 1 saturated heterocycles. The largest absolute Gasteiger partial charge is 0.494 e. The lowest BCUT2D eigenvalue weighted by Gasteiger charge is -2.36. The molecule has 0 aliphatic carbocycles. The van der Waals surface area contributed by atoms with E-state index in [0.29, 0.717) is 109 Å². The molecule has 0 unspecified atom stereocenters. The molecule has 0 atom stereocenters. The average molecular weight is 760 g/mol. The molecule has 0 saturated carbocycles. The van der Waals surface area contributed by atoms with Crippen molar-refractivity contribution in [3.05, 3.63) is 64.9 Å². The first-order chi connectivity index (χ1) is 26.9. The number of carbonyl (C=O) groups is 2. The molecule has 4 aromatic rings. The van der Waals surface area contributed by atoms with Gasteiger partial charge in [-0.2, -0.15) is 10.1 Å². The summed E-state index contributed by atoms with van der Waals surface area (Å²) in [6.45, 7) is 10.0. The van der Waals surface area contributed by atoms with E-state index in [1.54, 1.807) is 14.2 Å². The zero-order chi connectivity index (χ0) is 38.7. The lowest BCUT2D eigenvalue weighted by atomic mass is 10.0. The van der Waals surface area contributed by atoms with Crippen LogP contribution < -0.4 is 20.3 Å². The molecule has 16 nitrogen and oxygen atoms in total. The average Bonchev–Trinajstić information content (AvgIpc) is 3.80. The minimum Gasteiger partial charge on any atom is -0.494 e. The van der Waals surface area contributed by atoms with Crippen LogP contribution in [0.4, 0.5) is 23.0 Å². The number of benzene rings is 1. The summed E-state index contributed by atoms with van der Waals surface area (Å²) < 4.78 is 30.9. The second kappa shape index (κ2) is 19.0. The van der Waals surface area contributed by atoms with Gasteiger partial charge in [0.15, 0.2) is 0 Å². The summed E-state index contributed by atoms with van der Waals surface area (Å²) in [4.78, 5) is 39.7. The van der Waals surface area contributed by atoms with Crippen LogP contribution in [0, 0.1) is 0 Å². The van der Waals surface area contributed by atoms with Crippen LogP contribution in [0.25, 0.3) is 5.82 Å². The fourth-order valence-electron chi connectivity index (χ4n) is 7.03. The van der Waals surface area contributed by atoms with Crippen LogP contribution >= 0.6 is 0 Å². The molecule has 0 bridgehead atoms. The minimum atomic E-state index is -0.175. The van der Waals surface area contributed by atoms with Crippen LogP contribution in [0.1, 0.15) is 46.9 Å². The summed E-state index contributed by atoms with van der Waals surface area (Å²) in [6, 6.07) is 7.82. The zero-order valence-electron chi connectivity index (χ0n) is 32.6. The lowest BCUT2D eigenvalue weighted by Crippen LogP contribution is -2.49. The summed E-state index contributed by atoms with van der Waals surface area (Å²) in [5, 5.41) is 11.4. The maximum absolute atomic E-state index is 13.9. The van der Waals surface area contributed by atoms with Gasteiger partial charge in [-0.3, -0.25) is 14.3 Å². The van der Waals surface area contributed by atoms with Gasteiger partial charge >= 0.3 is 0 Å². The monoisotopic (exact) mass is 759 g/mol. The molecule has 2 aliphatic rings. The Morgan fingerprint density at radius 3 is 2.40 bits per heavy atom. The summed E-state index contributed by atoms with van der Waals surface area (Å²) in [5.74, 6) is 1.62. The van der Waals surface area contributed by atoms with E-state index in [4.69, 9.17) is 33.8 Å². The molecule has 6 rings (SSSR count). The van der Waals surface area contributed by atoms with Gasteiger partial charge in [0.2, 0.25) is 11.9 Å². The normalized spacial score (nSPS) is 13.8. The zero-order valence-corrected chi connectivity index (χ0v) is 32.6. The number of nitrogens with zero attached hydrogens (tertiary/aromatic N) is 7. The van der Waals surface area contributed by atoms with Crippen molar-refractivity contribution in [2.45, 2.75) is 46.1 Å². The predicted octanol–water partition coefficient (Wildman–Crippen LogP) is 3.67. The third kappa shape index (κ3) is 9.27. The molecular weight excluding hydrogens is 706 g/mol. The molecule has 5 heterocycles. The van der Waals surface area contributed by atoms with Crippen LogP contribution in [0.15, 0.2) is 36.7 Å². The van der Waals surface area contributed by atoms with Crippen LogP contribution in [-0.2, 0) is 56.0 Å². The lowest BCUT2D eigenvalue weighted by molar-refractivity contribution is -0.135. The fraction of sp³-hybridized carbons (Fsp3) is 0.513. The van der Waals surface area contributed by atoms with E-state index in [-0.39, 0.29) is 18.4 Å². The van der Waals surface area contributed by atoms with Gasteiger partial charge in [-0.15, -0.1) is 0 Å². The number of amides is 2. The Bertz CT molecular complexity index is 1920. The number of piperazine rings is 1. The van der Waals surface area contributed by atoms with Gasteiger partial charge in [-0.25, -0.2) is 4.98 Å². The number of fused-ring (bicyclic) bond motifs is 3. The Morgan fingerprint density at radius 2 is 1.67 bits per heavy atom. The molecule has 1 aromatic carbocycles. The van der Waals surface area contributed by atoms with Crippen molar-refractivity contribution >= 4 is 34.8 Å². The SMILES string of the molecule is CCc1nn(CCOCCOCCOC)c(CC)c1NC(=O)c1ccn2c1CCc1cnc(Nc3ccc(N4CCN(C(=O)COC)CC4)cc3OC)nc1-2. The first-order valence-electron chi connectivity index (χ1n) is 19.0. The molecule has 1 fully saturated rings. The first-order valence-corrected chi connectivity index (χ1v) is 19.0. The molecule has 2 aliphatic heterocycles. The molecule has 16 heteroatoms. The molecule has 3 aromatic heterocycles. The molecule has 55 heavy (non-hydrogen) atoms. The summed E-state index contributed by atoms with van der Waals surface area (Å²) in [5.41, 5.74) is 6.80. The Morgan fingerprint density at radius 1 is 0.891 bits per heavy atom. The Labute approximate surface area is 322 Å². The summed E-state index contributed by atoms with van der Waals surface area (Å²) >= 11 is 0. The highest BCUT2D eigenvalue weighted by Gasteiger charge is 2.27. The van der Waals surface area contributed by atoms with Crippen molar-refractivity contribution < 1.29 is 33.3 Å². The topological polar surface area (TPSA) is 159 Å². The molecule has 2 amide bonds. The number of hydrogen-bond donors (Lipinski definition) is 2. The number of ether oxygens (including phenoxy) is 5. The molecule has 0 spiro atoms. The highest BCUT2D eigenvalue weighted by Crippen LogP contribution is 2.34. The van der Waals surface area contributed by atoms with Crippen molar-refractivity contribution in [3.63, 3.8) is 0 Å². The Balaban J connectivity index is 1.12. The van der Waals surface area contributed by atoms with Gasteiger partial charge in [0.25, 0.3) is 5.91 Å². The van der Waals surface area contributed by atoms with Crippen molar-refractivity contribution in [1.82, 2.24) is 29.2 Å². The van der Waals surface area contributed by atoms with Crippen LogP contribution in [-0.4, -0.2) is 128 Å². The first kappa shape index (κ1) is 39.7. The Hall–Kier alpha value is -5.03. The van der Waals surface area contributed by atoms with Gasteiger partial charge in [0.05, 0.1) is 75.0 Å². The number of aromatic nitrogens is 5. The number of anilines is 4. The third-order valence-corrected chi connectivity index (χ3v) is 9.92. The number of hydrogen-bond acceptors (Lipinski definition) is 12. The highest BCUT2D eigenvalue weighted by atomic mass is 16.5. The second-order valence-electron chi connectivity index (χ2n) is 13.3. The number of aryl methyl sites for hydroxylation is 2. The van der Waals surface area contributed by atoms with Gasteiger partial charge in [-0.1, -0.05) is 13.8 Å².